The lowest BCUT2D eigenvalue weighted by Gasteiger charge is -2.22. The number of hydrogen-bond donors (Lipinski definition) is 4. The van der Waals surface area contributed by atoms with Gasteiger partial charge in [0.1, 0.15) is 0 Å². The number of aliphatic hydroxyl groups is 2. The fraction of sp³-hybridized carbons (Fsp3) is 0.360. The van der Waals surface area contributed by atoms with Gasteiger partial charge in [-0.15, -0.1) is 6.58 Å². The van der Waals surface area contributed by atoms with Crippen LogP contribution >= 0.6 is 0 Å². The Bertz CT molecular complexity index is 811. The smallest absolute Gasteiger partial charge is 0.224 e. The third-order valence-corrected chi connectivity index (χ3v) is 5.06. The molecule has 2 aromatic carbocycles. The molecule has 0 spiro atoms. The fourth-order valence-corrected chi connectivity index (χ4v) is 3.43. The number of amides is 2. The molecule has 6 nitrogen and oxygen atoms in total. The molecule has 0 aliphatic heterocycles. The van der Waals surface area contributed by atoms with Gasteiger partial charge in [0.15, 0.2) is 0 Å². The van der Waals surface area contributed by atoms with Crippen LogP contribution in [0, 0.1) is 5.92 Å². The van der Waals surface area contributed by atoms with Gasteiger partial charge in [-0.3, -0.25) is 9.59 Å². The molecule has 0 saturated carbocycles. The van der Waals surface area contributed by atoms with Gasteiger partial charge in [-0.1, -0.05) is 66.7 Å². The zero-order chi connectivity index (χ0) is 22.5. The van der Waals surface area contributed by atoms with E-state index < -0.39 is 18.0 Å². The van der Waals surface area contributed by atoms with Crippen LogP contribution < -0.4 is 10.6 Å². The average molecular weight is 425 g/mol. The van der Waals surface area contributed by atoms with E-state index in [1.54, 1.807) is 6.08 Å². The molecule has 166 valence electrons. The molecule has 3 unspecified atom stereocenters. The van der Waals surface area contributed by atoms with E-state index in [0.717, 1.165) is 11.1 Å². The van der Waals surface area contributed by atoms with Crippen molar-refractivity contribution in [1.82, 2.24) is 10.6 Å². The molecule has 0 radical (unpaired) electrons. The number of rotatable bonds is 13. The van der Waals surface area contributed by atoms with Gasteiger partial charge in [-0.2, -0.15) is 0 Å². The maximum Gasteiger partial charge on any atom is 0.224 e. The summed E-state index contributed by atoms with van der Waals surface area (Å²) in [5.74, 6) is -1.20. The number of hydrogen-bond acceptors (Lipinski definition) is 4. The summed E-state index contributed by atoms with van der Waals surface area (Å²) in [7, 11) is 0. The zero-order valence-electron chi connectivity index (χ0n) is 17.7. The van der Waals surface area contributed by atoms with Crippen LogP contribution in [0.4, 0.5) is 0 Å². The summed E-state index contributed by atoms with van der Waals surface area (Å²) >= 11 is 0. The monoisotopic (exact) mass is 424 g/mol. The molecule has 0 aliphatic carbocycles. The highest BCUT2D eigenvalue weighted by Crippen LogP contribution is 2.12. The maximum atomic E-state index is 12.8. The number of nitrogens with one attached hydrogen (secondary N) is 2. The van der Waals surface area contributed by atoms with Crippen molar-refractivity contribution in [3.63, 3.8) is 0 Å². The van der Waals surface area contributed by atoms with E-state index >= 15 is 0 Å². The molecule has 31 heavy (non-hydrogen) atoms. The molecule has 4 N–H and O–H groups in total. The lowest BCUT2D eigenvalue weighted by atomic mass is 9.98. The first-order chi connectivity index (χ1) is 15.0. The van der Waals surface area contributed by atoms with Crippen molar-refractivity contribution in [2.45, 2.75) is 37.8 Å². The minimum atomic E-state index is -0.599. The molecule has 6 heteroatoms. The van der Waals surface area contributed by atoms with E-state index in [4.69, 9.17) is 0 Å². The van der Waals surface area contributed by atoms with E-state index in [2.05, 4.69) is 17.2 Å². The first-order valence-electron chi connectivity index (χ1n) is 10.6. The molecule has 0 bridgehead atoms. The molecule has 0 saturated heterocycles. The summed E-state index contributed by atoms with van der Waals surface area (Å²) < 4.78 is 0. The second kappa shape index (κ2) is 13.4. The molecule has 0 aliphatic rings. The van der Waals surface area contributed by atoms with Gasteiger partial charge in [0.25, 0.3) is 0 Å². The second-order valence-electron chi connectivity index (χ2n) is 7.64. The Morgan fingerprint density at radius 1 is 0.839 bits per heavy atom. The van der Waals surface area contributed by atoms with Crippen LogP contribution in [0.25, 0.3) is 0 Å². The van der Waals surface area contributed by atoms with Gasteiger partial charge in [-0.25, -0.2) is 0 Å². The second-order valence-corrected chi connectivity index (χ2v) is 7.64. The van der Waals surface area contributed by atoms with Crippen molar-refractivity contribution in [1.29, 1.82) is 0 Å². The third kappa shape index (κ3) is 8.74. The molecule has 0 aromatic heterocycles. The Hall–Kier alpha value is -2.96. The lowest BCUT2D eigenvalue weighted by molar-refractivity contribution is -0.131. The molecular formula is C25H32N2O4. The van der Waals surface area contributed by atoms with Crippen LogP contribution in [0.15, 0.2) is 73.3 Å². The van der Waals surface area contributed by atoms with E-state index in [9.17, 15) is 19.8 Å². The number of benzene rings is 2. The minimum absolute atomic E-state index is 0.0212. The summed E-state index contributed by atoms with van der Waals surface area (Å²) in [6.07, 6.45) is 2.93. The van der Waals surface area contributed by atoms with Crippen LogP contribution in [-0.2, 0) is 22.4 Å². The first kappa shape index (κ1) is 24.3. The molecule has 2 rings (SSSR count). The van der Waals surface area contributed by atoms with Crippen molar-refractivity contribution < 1.29 is 19.8 Å². The van der Waals surface area contributed by atoms with E-state index in [-0.39, 0.29) is 31.4 Å². The highest BCUT2D eigenvalue weighted by atomic mass is 16.3. The Morgan fingerprint density at radius 2 is 1.32 bits per heavy atom. The number of carbonyl (C=O) groups is 2. The predicted molar refractivity (Wildman–Crippen MR) is 121 cm³/mol. The Morgan fingerprint density at radius 3 is 1.77 bits per heavy atom. The molecule has 2 aromatic rings. The van der Waals surface area contributed by atoms with Crippen LogP contribution in [0.3, 0.4) is 0 Å². The van der Waals surface area contributed by atoms with Gasteiger partial charge in [0.05, 0.1) is 31.2 Å². The zero-order valence-corrected chi connectivity index (χ0v) is 17.7. The lowest BCUT2D eigenvalue weighted by Crippen LogP contribution is -2.45. The largest absolute Gasteiger partial charge is 0.394 e. The van der Waals surface area contributed by atoms with Crippen LogP contribution in [0.2, 0.25) is 0 Å². The van der Waals surface area contributed by atoms with E-state index in [1.165, 1.54) is 0 Å². The van der Waals surface area contributed by atoms with Crippen molar-refractivity contribution >= 4 is 11.8 Å². The minimum Gasteiger partial charge on any atom is -0.394 e. The predicted octanol–water partition coefficient (Wildman–Crippen LogP) is 2.01. The molecule has 3 atom stereocenters. The van der Waals surface area contributed by atoms with Crippen molar-refractivity contribution in [3.8, 4) is 0 Å². The highest BCUT2D eigenvalue weighted by Gasteiger charge is 2.24. The van der Waals surface area contributed by atoms with Gasteiger partial charge in [0.2, 0.25) is 11.8 Å². The Kier molecular flexibility index (Phi) is 10.5. The normalized spacial score (nSPS) is 13.6. The van der Waals surface area contributed by atoms with E-state index in [1.807, 2.05) is 60.7 Å². The summed E-state index contributed by atoms with van der Waals surface area (Å²) in [5.41, 5.74) is 2.01. The Labute approximate surface area is 184 Å². The SMILES string of the molecule is C=CCC(CC(=O)NC(CO)Cc1ccccc1)C(=O)NC(CO)Cc1ccccc1. The summed E-state index contributed by atoms with van der Waals surface area (Å²) in [5, 5.41) is 25.0. The quantitative estimate of drug-likeness (QED) is 0.370. The van der Waals surface area contributed by atoms with E-state index in [0.29, 0.717) is 19.3 Å². The highest BCUT2D eigenvalue weighted by molar-refractivity contribution is 5.86. The molecular weight excluding hydrogens is 392 g/mol. The molecule has 0 fully saturated rings. The topological polar surface area (TPSA) is 98.7 Å². The Balaban J connectivity index is 1.92. The molecule has 0 heterocycles. The molecule has 2 amide bonds. The van der Waals surface area contributed by atoms with Gasteiger partial charge >= 0.3 is 0 Å². The van der Waals surface area contributed by atoms with Crippen molar-refractivity contribution in [3.05, 3.63) is 84.4 Å². The maximum absolute atomic E-state index is 12.8. The average Bonchev–Trinajstić information content (AvgIpc) is 2.79. The summed E-state index contributed by atoms with van der Waals surface area (Å²) in [6.45, 7) is 3.30. The fourth-order valence-electron chi connectivity index (χ4n) is 3.43. The van der Waals surface area contributed by atoms with Gasteiger partial charge < -0.3 is 20.8 Å². The third-order valence-electron chi connectivity index (χ3n) is 5.06. The van der Waals surface area contributed by atoms with Crippen molar-refractivity contribution in [2.24, 2.45) is 5.92 Å². The van der Waals surface area contributed by atoms with Gasteiger partial charge in [0, 0.05) is 6.42 Å². The van der Waals surface area contributed by atoms with Gasteiger partial charge in [-0.05, 0) is 30.4 Å². The number of allylic oxidation sites excluding steroid dienone is 1. The van der Waals surface area contributed by atoms with Crippen molar-refractivity contribution in [2.75, 3.05) is 13.2 Å². The van der Waals surface area contributed by atoms with Crippen LogP contribution in [0.1, 0.15) is 24.0 Å². The van der Waals surface area contributed by atoms with Crippen LogP contribution in [0.5, 0.6) is 0 Å². The first-order valence-corrected chi connectivity index (χ1v) is 10.6. The summed E-state index contributed by atoms with van der Waals surface area (Å²) in [6, 6.07) is 18.3. The standard InChI is InChI=1S/C25H32N2O4/c1-2-9-21(25(31)27-23(18-29)15-20-12-7-4-8-13-20)16-24(30)26-22(17-28)14-19-10-5-3-6-11-19/h2-8,10-13,21-23,28-29H,1,9,14-18H2,(H,26,30)(H,27,31). The van der Waals surface area contributed by atoms with Crippen LogP contribution in [-0.4, -0.2) is 47.3 Å². The summed E-state index contributed by atoms with van der Waals surface area (Å²) in [4.78, 5) is 25.3. The number of aliphatic hydroxyl groups excluding tert-OH is 2. The number of carbonyl (C=O) groups excluding carboxylic acids is 2.